The Morgan fingerprint density at radius 1 is 1.25 bits per heavy atom. The number of hydrogen-bond donors (Lipinski definition) is 1. The summed E-state index contributed by atoms with van der Waals surface area (Å²) in [5.74, 6) is 0. The molecule has 2 rings (SSSR count). The molecule has 0 aliphatic carbocycles. The van der Waals surface area contributed by atoms with Crippen molar-refractivity contribution in [3.05, 3.63) is 22.4 Å². The van der Waals surface area contributed by atoms with Gasteiger partial charge in [0.05, 0.1) is 6.04 Å². The maximum Gasteiger partial charge on any atom is 0.0596 e. The molecule has 1 unspecified atom stereocenters. The van der Waals surface area contributed by atoms with Gasteiger partial charge in [0, 0.05) is 10.4 Å². The van der Waals surface area contributed by atoms with E-state index in [1.54, 1.807) is 0 Å². The molecule has 0 spiro atoms. The molecule has 1 atom stereocenters. The zero-order valence-electron chi connectivity index (χ0n) is 13.3. The quantitative estimate of drug-likeness (QED) is 0.834. The number of nitrogens with zero attached hydrogens (tertiary/aromatic N) is 1. The van der Waals surface area contributed by atoms with E-state index < -0.39 is 0 Å². The largest absolute Gasteiger partial charge is 0.308 e. The number of rotatable bonds is 6. The van der Waals surface area contributed by atoms with Crippen molar-refractivity contribution in [1.82, 2.24) is 10.2 Å². The number of thiophene rings is 1. The fourth-order valence-electron chi connectivity index (χ4n) is 3.27. The highest BCUT2D eigenvalue weighted by Gasteiger charge is 2.36. The van der Waals surface area contributed by atoms with Crippen LogP contribution in [-0.4, -0.2) is 30.1 Å². The molecule has 1 saturated heterocycles. The normalized spacial score (nSPS) is 19.8. The van der Waals surface area contributed by atoms with Gasteiger partial charge in [0.15, 0.2) is 0 Å². The molecule has 0 aromatic carbocycles. The van der Waals surface area contributed by atoms with Gasteiger partial charge in [-0.25, -0.2) is 0 Å². The Kier molecular flexibility index (Phi) is 6.06. The molecule has 114 valence electrons. The van der Waals surface area contributed by atoms with Crippen LogP contribution in [0.15, 0.2) is 17.5 Å². The lowest BCUT2D eigenvalue weighted by Gasteiger charge is -2.44. The van der Waals surface area contributed by atoms with E-state index in [2.05, 4.69) is 48.5 Å². The maximum absolute atomic E-state index is 3.80. The van der Waals surface area contributed by atoms with Gasteiger partial charge in [-0.3, -0.25) is 4.90 Å². The summed E-state index contributed by atoms with van der Waals surface area (Å²) >= 11 is 1.89. The van der Waals surface area contributed by atoms with E-state index >= 15 is 0 Å². The molecular weight excluding hydrogens is 264 g/mol. The van der Waals surface area contributed by atoms with Crippen molar-refractivity contribution in [2.75, 3.05) is 19.6 Å². The molecule has 0 saturated carbocycles. The summed E-state index contributed by atoms with van der Waals surface area (Å²) in [5, 5.41) is 6.00. The van der Waals surface area contributed by atoms with Crippen LogP contribution in [0.25, 0.3) is 0 Å². The highest BCUT2D eigenvalue weighted by Crippen LogP contribution is 2.34. The lowest BCUT2D eigenvalue weighted by molar-refractivity contribution is 0.0846. The summed E-state index contributed by atoms with van der Waals surface area (Å²) in [6.07, 6.45) is 6.71. The molecule has 0 bridgehead atoms. The average Bonchev–Trinajstić information content (AvgIpc) is 2.79. The van der Waals surface area contributed by atoms with E-state index in [1.165, 1.54) is 50.1 Å². The van der Waals surface area contributed by atoms with Gasteiger partial charge in [-0.15, -0.1) is 11.3 Å². The average molecular weight is 295 g/mol. The van der Waals surface area contributed by atoms with Crippen molar-refractivity contribution in [3.8, 4) is 0 Å². The SMILES string of the molecule is CCCNC(c1cccs1)C(C)(C)N1CCCCCC1. The molecule has 0 radical (unpaired) electrons. The van der Waals surface area contributed by atoms with Gasteiger partial charge in [0.2, 0.25) is 0 Å². The molecule has 1 aromatic heterocycles. The Morgan fingerprint density at radius 3 is 2.50 bits per heavy atom. The summed E-state index contributed by atoms with van der Waals surface area (Å²) in [4.78, 5) is 4.19. The van der Waals surface area contributed by atoms with Gasteiger partial charge in [-0.05, 0) is 64.2 Å². The van der Waals surface area contributed by atoms with Crippen molar-refractivity contribution in [2.45, 2.75) is 64.5 Å². The zero-order chi connectivity index (χ0) is 14.4. The minimum atomic E-state index is 0.185. The van der Waals surface area contributed by atoms with Crippen LogP contribution in [-0.2, 0) is 0 Å². The third-order valence-corrected chi connectivity index (χ3v) is 5.49. The third-order valence-electron chi connectivity index (χ3n) is 4.55. The van der Waals surface area contributed by atoms with E-state index in [-0.39, 0.29) is 5.54 Å². The summed E-state index contributed by atoms with van der Waals surface area (Å²) in [6, 6.07) is 4.91. The Hall–Kier alpha value is -0.380. The number of nitrogens with one attached hydrogen (secondary N) is 1. The van der Waals surface area contributed by atoms with Gasteiger partial charge < -0.3 is 5.32 Å². The first-order valence-electron chi connectivity index (χ1n) is 8.18. The van der Waals surface area contributed by atoms with Crippen molar-refractivity contribution >= 4 is 11.3 Å². The summed E-state index contributed by atoms with van der Waals surface area (Å²) in [6.45, 7) is 10.7. The van der Waals surface area contributed by atoms with E-state index in [4.69, 9.17) is 0 Å². The third kappa shape index (κ3) is 3.84. The van der Waals surface area contributed by atoms with E-state index in [9.17, 15) is 0 Å². The molecule has 2 heterocycles. The first-order valence-corrected chi connectivity index (χ1v) is 9.06. The molecular formula is C17H30N2S. The van der Waals surface area contributed by atoms with Crippen molar-refractivity contribution in [2.24, 2.45) is 0 Å². The van der Waals surface area contributed by atoms with E-state index in [1.807, 2.05) is 11.3 Å². The van der Waals surface area contributed by atoms with Gasteiger partial charge in [-0.1, -0.05) is 25.8 Å². The summed E-state index contributed by atoms with van der Waals surface area (Å²) in [5.41, 5.74) is 0.185. The van der Waals surface area contributed by atoms with Gasteiger partial charge in [0.25, 0.3) is 0 Å². The molecule has 3 heteroatoms. The van der Waals surface area contributed by atoms with Crippen LogP contribution in [0.4, 0.5) is 0 Å². The molecule has 1 fully saturated rings. The van der Waals surface area contributed by atoms with Gasteiger partial charge >= 0.3 is 0 Å². The van der Waals surface area contributed by atoms with Crippen molar-refractivity contribution in [3.63, 3.8) is 0 Å². The standard InChI is InChI=1S/C17H30N2S/c1-4-11-18-16(15-10-9-14-20-15)17(2,3)19-12-7-5-6-8-13-19/h9-10,14,16,18H,4-8,11-13H2,1-3H3. The second-order valence-electron chi connectivity index (χ2n) is 6.46. The molecule has 1 aliphatic rings. The predicted octanol–water partition coefficient (Wildman–Crippen LogP) is 4.44. The van der Waals surface area contributed by atoms with Crippen molar-refractivity contribution in [1.29, 1.82) is 0 Å². The molecule has 20 heavy (non-hydrogen) atoms. The van der Waals surface area contributed by atoms with Crippen molar-refractivity contribution < 1.29 is 0 Å². The smallest absolute Gasteiger partial charge is 0.0596 e. The molecule has 1 N–H and O–H groups in total. The molecule has 0 amide bonds. The monoisotopic (exact) mass is 294 g/mol. The molecule has 2 nitrogen and oxygen atoms in total. The first kappa shape index (κ1) is 16.0. The van der Waals surface area contributed by atoms with Gasteiger partial charge in [-0.2, -0.15) is 0 Å². The molecule has 1 aliphatic heterocycles. The zero-order valence-corrected chi connectivity index (χ0v) is 14.1. The van der Waals surface area contributed by atoms with Crippen LogP contribution >= 0.6 is 11.3 Å². The lowest BCUT2D eigenvalue weighted by atomic mass is 9.90. The number of hydrogen-bond acceptors (Lipinski definition) is 3. The van der Waals surface area contributed by atoms with E-state index in [0.29, 0.717) is 6.04 Å². The number of likely N-dealkylation sites (tertiary alicyclic amines) is 1. The topological polar surface area (TPSA) is 15.3 Å². The van der Waals surface area contributed by atoms with Crippen LogP contribution in [0.1, 0.15) is 63.8 Å². The fraction of sp³-hybridized carbons (Fsp3) is 0.765. The Morgan fingerprint density at radius 2 is 1.95 bits per heavy atom. The van der Waals surface area contributed by atoms with Gasteiger partial charge in [0.1, 0.15) is 0 Å². The van der Waals surface area contributed by atoms with Crippen LogP contribution in [0.3, 0.4) is 0 Å². The Bertz CT molecular complexity index is 364. The first-order chi connectivity index (χ1) is 9.66. The molecule has 1 aromatic rings. The highest BCUT2D eigenvalue weighted by molar-refractivity contribution is 7.10. The van der Waals surface area contributed by atoms with Crippen LogP contribution < -0.4 is 5.32 Å². The second kappa shape index (κ2) is 7.58. The predicted molar refractivity (Wildman–Crippen MR) is 89.5 cm³/mol. The fourth-order valence-corrected chi connectivity index (χ4v) is 4.25. The Balaban J connectivity index is 2.16. The summed E-state index contributed by atoms with van der Waals surface area (Å²) in [7, 11) is 0. The van der Waals surface area contributed by atoms with Crippen LogP contribution in [0, 0.1) is 0 Å². The lowest BCUT2D eigenvalue weighted by Crippen LogP contribution is -2.53. The van der Waals surface area contributed by atoms with Crippen LogP contribution in [0.2, 0.25) is 0 Å². The van der Waals surface area contributed by atoms with Crippen LogP contribution in [0.5, 0.6) is 0 Å². The summed E-state index contributed by atoms with van der Waals surface area (Å²) < 4.78 is 0. The minimum Gasteiger partial charge on any atom is -0.308 e. The Labute approximate surface area is 128 Å². The minimum absolute atomic E-state index is 0.185. The van der Waals surface area contributed by atoms with E-state index in [0.717, 1.165) is 6.54 Å². The second-order valence-corrected chi connectivity index (χ2v) is 7.44. The highest BCUT2D eigenvalue weighted by atomic mass is 32.1. The maximum atomic E-state index is 3.80.